The average Bonchev–Trinajstić information content (AvgIpc) is 3.22. The molecule has 0 saturated heterocycles. The molecule has 0 atom stereocenters. The number of anilines is 6. The molecule has 0 fully saturated rings. The first-order chi connectivity index (χ1) is 29.2. The van der Waals surface area contributed by atoms with Crippen LogP contribution in [0.2, 0.25) is 15.7 Å². The van der Waals surface area contributed by atoms with E-state index in [2.05, 4.69) is 73.1 Å². The van der Waals surface area contributed by atoms with Crippen molar-refractivity contribution in [2.24, 2.45) is 0 Å². The molecule has 0 bridgehead atoms. The van der Waals surface area contributed by atoms with E-state index in [1.165, 1.54) is 18.3 Å². The Labute approximate surface area is 426 Å². The molecule has 350 valence electrons. The number of nitrogens with two attached hydrogens (primary N) is 1. The molecule has 0 spiro atoms. The van der Waals surface area contributed by atoms with E-state index in [1.54, 1.807) is 49.8 Å². The number of aromatic nitrogens is 8. The van der Waals surface area contributed by atoms with E-state index >= 15 is 0 Å². The van der Waals surface area contributed by atoms with Crippen LogP contribution < -0.4 is 31.1 Å². The number of rotatable bonds is 7. The quantitative estimate of drug-likeness (QED) is 0.0198. The molecule has 0 aromatic carbocycles. The van der Waals surface area contributed by atoms with Gasteiger partial charge in [-0.25, -0.2) is 34.9 Å². The summed E-state index contributed by atoms with van der Waals surface area (Å²) < 4.78 is 14.0. The van der Waals surface area contributed by atoms with Crippen LogP contribution in [-0.2, 0) is 20.4 Å². The van der Waals surface area contributed by atoms with Crippen molar-refractivity contribution in [2.75, 3.05) is 82.1 Å². The Bertz CT molecular complexity index is 2330. The molecule has 0 saturated carbocycles. The number of hydrogen-bond acceptors (Lipinski definition) is 18. The van der Waals surface area contributed by atoms with Gasteiger partial charge in [-0.1, -0.05) is 11.6 Å². The molecule has 27 heteroatoms. The molecular formula is C37H45Cl3FI2N16O4Pd-. The van der Waals surface area contributed by atoms with Crippen molar-refractivity contribution in [1.82, 2.24) is 45.2 Å². The number of nitrogen functional groups attached to an aromatic ring is 1. The number of nitrogens with one attached hydrogen (secondary N) is 2. The third kappa shape index (κ3) is 22.9. The molecular weight excluding hydrogens is 1220 g/mol. The second-order valence-corrected chi connectivity index (χ2v) is 15.2. The molecule has 6 aromatic heterocycles. The maximum absolute atomic E-state index is 12.3. The van der Waals surface area contributed by atoms with Crippen LogP contribution in [0.4, 0.5) is 50.4 Å². The van der Waals surface area contributed by atoms with Crippen LogP contribution in [0.1, 0.15) is 0 Å². The van der Waals surface area contributed by atoms with Gasteiger partial charge in [-0.05, 0) is 119 Å². The number of hydrogen-bond donors (Lipinski definition) is 3. The van der Waals surface area contributed by atoms with Gasteiger partial charge in [0.05, 0.1) is 28.4 Å². The van der Waals surface area contributed by atoms with E-state index in [0.717, 1.165) is 36.7 Å². The molecule has 0 unspecified atom stereocenters. The van der Waals surface area contributed by atoms with Gasteiger partial charge in [-0.3, -0.25) is 20.2 Å². The van der Waals surface area contributed by atoms with Crippen LogP contribution in [0, 0.1) is 40.7 Å². The summed E-state index contributed by atoms with van der Waals surface area (Å²) in [4.78, 5) is 55.4. The number of halogens is 6. The van der Waals surface area contributed by atoms with Gasteiger partial charge in [0.25, 0.3) is 5.95 Å². The molecule has 6 rings (SSSR count). The summed E-state index contributed by atoms with van der Waals surface area (Å²) in [6.45, 7) is 0. The summed E-state index contributed by atoms with van der Waals surface area (Å²) in [6, 6.07) is 12.8. The molecule has 0 amide bonds. The van der Waals surface area contributed by atoms with Crippen molar-refractivity contribution < 1.29 is 34.7 Å². The molecule has 0 aliphatic rings. The van der Waals surface area contributed by atoms with Crippen molar-refractivity contribution in [1.29, 1.82) is 0 Å². The molecule has 6 heterocycles. The maximum atomic E-state index is 12.3. The topological polar surface area (TPSA) is 249 Å². The molecule has 20 nitrogen and oxygen atoms in total. The van der Waals surface area contributed by atoms with Gasteiger partial charge in [-0.15, -0.1) is 0 Å². The smallest absolute Gasteiger partial charge is 0.323 e. The number of pyridine rings is 4. The van der Waals surface area contributed by atoms with Gasteiger partial charge in [0.1, 0.15) is 11.0 Å². The zero-order chi connectivity index (χ0) is 46.9. The molecule has 0 aliphatic carbocycles. The van der Waals surface area contributed by atoms with E-state index < -0.39 is 21.5 Å². The second kappa shape index (κ2) is 33.0. The molecule has 0 radical (unpaired) electrons. The molecule has 64 heavy (non-hydrogen) atoms. The van der Waals surface area contributed by atoms with Gasteiger partial charge in [0.2, 0.25) is 16.4 Å². The fourth-order valence-electron chi connectivity index (χ4n) is 3.91. The summed E-state index contributed by atoms with van der Waals surface area (Å²) >= 11 is 20.9. The fraction of sp³-hybridized carbons (Fsp3) is 0.216. The summed E-state index contributed by atoms with van der Waals surface area (Å²) in [6.07, 6.45) is 9.40. The van der Waals surface area contributed by atoms with Gasteiger partial charge in [-0.2, -0.15) is 9.37 Å². The van der Waals surface area contributed by atoms with Crippen molar-refractivity contribution in [3.8, 4) is 0 Å². The minimum Gasteiger partial charge on any atom is -0.396 e. The molecule has 0 aliphatic heterocycles. The van der Waals surface area contributed by atoms with Crippen LogP contribution >= 0.6 is 80.0 Å². The summed E-state index contributed by atoms with van der Waals surface area (Å²) in [7, 11) is 14.9. The van der Waals surface area contributed by atoms with Crippen LogP contribution in [0.25, 0.3) is 0 Å². The summed E-state index contributed by atoms with van der Waals surface area (Å²) in [5.41, 5.74) is 6.64. The third-order valence-corrected chi connectivity index (χ3v) is 8.96. The van der Waals surface area contributed by atoms with Crippen LogP contribution in [0.3, 0.4) is 0 Å². The van der Waals surface area contributed by atoms with Gasteiger partial charge in [0.15, 0.2) is 11.6 Å². The zero-order valence-corrected chi connectivity index (χ0v) is 43.8. The first-order valence-electron chi connectivity index (χ1n) is 17.1. The Morgan fingerprint density at radius 3 is 1.48 bits per heavy atom. The largest absolute Gasteiger partial charge is 0.396 e. The van der Waals surface area contributed by atoms with Crippen LogP contribution in [0.15, 0.2) is 85.7 Å². The van der Waals surface area contributed by atoms with Gasteiger partial charge in [0, 0.05) is 112 Å². The standard InChI is InChI=1S/C11H11ClIN5.C7H9N3O2.C7H11N3.C5H3FN2O2.C4HCl2IN2.C2H7N.CH3.Pd/c1-18(2)10-8(4-3-5-14-10)16-9-7(13)6-15-11(12)17-9;1-9(2)7-6(10(11)12)4-3-5-8-7;1-10(2)7-6(8)4-3-5-9-7;6-5-4(8(9)10)2-1-3-7-5;5-3-2(7)1-8-4(6)9-3;1-3-2;;/h3-6H,1-2H3,(H,15,16,17);3-5H,1-2H3;3-5H,8H2,1-2H3;1-3H;1H;3H,1-2H3;1H3;/q;;;;;;-1;. The van der Waals surface area contributed by atoms with Crippen molar-refractivity contribution in [3.63, 3.8) is 0 Å². The normalized spacial score (nSPS) is 9.22. The summed E-state index contributed by atoms with van der Waals surface area (Å²) in [5.74, 6) is 1.66. The van der Waals surface area contributed by atoms with Gasteiger partial charge >= 0.3 is 11.4 Å². The van der Waals surface area contributed by atoms with Gasteiger partial charge < -0.3 is 38.5 Å². The van der Waals surface area contributed by atoms with E-state index in [0.29, 0.717) is 22.5 Å². The fourth-order valence-corrected chi connectivity index (χ4v) is 5.00. The van der Waals surface area contributed by atoms with Crippen molar-refractivity contribution in [2.45, 2.75) is 0 Å². The monoisotopic (exact) mass is 1260 g/mol. The Hall–Kier alpha value is -4.56. The van der Waals surface area contributed by atoms with E-state index in [-0.39, 0.29) is 44.1 Å². The first-order valence-corrected chi connectivity index (χ1v) is 20.4. The third-order valence-electron chi connectivity index (χ3n) is 6.41. The average molecular weight is 1260 g/mol. The summed E-state index contributed by atoms with van der Waals surface area (Å²) in [5, 5.41) is 27.2. The SMILES string of the molecule is CN(C)c1ncccc1N.CN(C)c1ncccc1Nc1nc(Cl)ncc1I.CN(C)c1ncccc1[N+](=O)[O-].CNC.Clc1ncc(I)c(Cl)n1.O=[N+]([O-])c1cccnc1F.[CH3-].[Pd]. The number of nitro groups is 2. The Morgan fingerprint density at radius 2 is 1.08 bits per heavy atom. The predicted molar refractivity (Wildman–Crippen MR) is 267 cm³/mol. The molecule has 6 aromatic rings. The Morgan fingerprint density at radius 1 is 0.656 bits per heavy atom. The van der Waals surface area contributed by atoms with E-state index in [9.17, 15) is 24.6 Å². The Balaban J connectivity index is 0. The Kier molecular flexibility index (Phi) is 31.7. The van der Waals surface area contributed by atoms with E-state index in [1.807, 2.05) is 98.9 Å². The van der Waals surface area contributed by atoms with Crippen LogP contribution in [-0.4, -0.2) is 106 Å². The second-order valence-electron chi connectivity index (χ2n) is 11.9. The minimum absolute atomic E-state index is 0. The van der Waals surface area contributed by atoms with Crippen LogP contribution in [0.5, 0.6) is 0 Å². The zero-order valence-electron chi connectivity index (χ0n) is 35.7. The van der Waals surface area contributed by atoms with Crippen molar-refractivity contribution in [3.05, 3.63) is 142 Å². The van der Waals surface area contributed by atoms with Crippen molar-refractivity contribution >= 4 is 126 Å². The maximum Gasteiger partial charge on any atom is 0.323 e. The van der Waals surface area contributed by atoms with E-state index in [4.69, 9.17) is 40.5 Å². The first kappa shape index (κ1) is 61.5. The predicted octanol–water partition coefficient (Wildman–Crippen LogP) is 8.53. The molecule has 4 N–H and O–H groups in total. The minimum atomic E-state index is -1.05. The number of nitrogens with zero attached hydrogens (tertiary/aromatic N) is 13.